The van der Waals surface area contributed by atoms with Crippen LogP contribution in [0.25, 0.3) is 11.4 Å². The van der Waals surface area contributed by atoms with Crippen LogP contribution in [0.1, 0.15) is 17.0 Å². The summed E-state index contributed by atoms with van der Waals surface area (Å²) in [7, 11) is 0. The quantitative estimate of drug-likeness (QED) is 0.506. The van der Waals surface area contributed by atoms with Crippen molar-refractivity contribution in [2.24, 2.45) is 0 Å². The molecule has 0 N–H and O–H groups in total. The monoisotopic (exact) mass is 362 g/mol. The maximum Gasteiger partial charge on any atom is 0.173 e. The molecule has 0 bridgehead atoms. The third kappa shape index (κ3) is 3.25. The lowest BCUT2D eigenvalue weighted by Gasteiger charge is -2.10. The van der Waals surface area contributed by atoms with E-state index in [1.807, 2.05) is 42.7 Å². The Morgan fingerprint density at radius 2 is 1.81 bits per heavy atom. The average Bonchev–Trinajstić information content (AvgIpc) is 3.32. The molecule has 0 fully saturated rings. The Labute approximate surface area is 155 Å². The number of rotatable bonds is 5. The van der Waals surface area contributed by atoms with E-state index >= 15 is 0 Å². The summed E-state index contributed by atoms with van der Waals surface area (Å²) in [6.45, 7) is 4.24. The van der Waals surface area contributed by atoms with E-state index in [4.69, 9.17) is 0 Å². The Balaban J connectivity index is 1.57. The molecule has 0 atom stereocenters. The van der Waals surface area contributed by atoms with E-state index in [0.717, 1.165) is 22.4 Å². The molecular weight excluding hydrogens is 344 g/mol. The normalized spacial score (nSPS) is 11.0. The summed E-state index contributed by atoms with van der Waals surface area (Å²) in [6, 6.07) is 16.3. The standard InChI is InChI=1S/C19H18N6S/c1-14-8-9-17(12-15(14)2)24-11-10-20-19(24)26-13-18-21-22-23-25(18)16-6-4-3-5-7-16/h3-12H,13H2,1-2H3. The van der Waals surface area contributed by atoms with Gasteiger partial charge in [0.2, 0.25) is 0 Å². The fourth-order valence-electron chi connectivity index (χ4n) is 2.66. The Hall–Kier alpha value is -2.93. The van der Waals surface area contributed by atoms with Gasteiger partial charge in [0.05, 0.1) is 11.4 Å². The van der Waals surface area contributed by atoms with Crippen LogP contribution < -0.4 is 0 Å². The molecule has 0 unspecified atom stereocenters. The van der Waals surface area contributed by atoms with Crippen LogP contribution in [0.3, 0.4) is 0 Å². The van der Waals surface area contributed by atoms with Crippen molar-refractivity contribution in [1.29, 1.82) is 0 Å². The Bertz CT molecular complexity index is 1020. The molecule has 0 radical (unpaired) electrons. The maximum atomic E-state index is 4.49. The Kier molecular flexibility index (Phi) is 4.53. The SMILES string of the molecule is Cc1ccc(-n2ccnc2SCc2nnnn2-c2ccccc2)cc1C. The van der Waals surface area contributed by atoms with E-state index < -0.39 is 0 Å². The number of para-hydroxylation sites is 1. The molecule has 26 heavy (non-hydrogen) atoms. The minimum absolute atomic E-state index is 0.629. The van der Waals surface area contributed by atoms with Crippen molar-refractivity contribution < 1.29 is 0 Å². The second-order valence-electron chi connectivity index (χ2n) is 5.98. The molecule has 0 amide bonds. The maximum absolute atomic E-state index is 4.49. The number of tetrazole rings is 1. The topological polar surface area (TPSA) is 61.4 Å². The van der Waals surface area contributed by atoms with Crippen LogP contribution in [-0.2, 0) is 5.75 Å². The van der Waals surface area contributed by atoms with E-state index in [2.05, 4.69) is 57.1 Å². The van der Waals surface area contributed by atoms with Crippen LogP contribution >= 0.6 is 11.8 Å². The van der Waals surface area contributed by atoms with Crippen LogP contribution in [0.4, 0.5) is 0 Å². The predicted octanol–water partition coefficient (Wildman–Crippen LogP) is 3.76. The molecule has 6 nitrogen and oxygen atoms in total. The third-order valence-electron chi connectivity index (χ3n) is 4.24. The van der Waals surface area contributed by atoms with Crippen molar-refractivity contribution in [3.05, 3.63) is 77.9 Å². The van der Waals surface area contributed by atoms with Crippen LogP contribution in [0.2, 0.25) is 0 Å². The Morgan fingerprint density at radius 3 is 2.62 bits per heavy atom. The summed E-state index contributed by atoms with van der Waals surface area (Å²) in [5.41, 5.74) is 4.60. The molecule has 7 heteroatoms. The van der Waals surface area contributed by atoms with Crippen molar-refractivity contribution in [3.8, 4) is 11.4 Å². The number of nitrogens with zero attached hydrogens (tertiary/aromatic N) is 6. The first-order valence-corrected chi connectivity index (χ1v) is 9.27. The molecule has 0 aliphatic carbocycles. The molecular formula is C19H18N6S. The van der Waals surface area contributed by atoms with Gasteiger partial charge in [-0.1, -0.05) is 36.0 Å². The van der Waals surface area contributed by atoms with Gasteiger partial charge in [-0.05, 0) is 59.7 Å². The van der Waals surface area contributed by atoms with E-state index in [9.17, 15) is 0 Å². The number of benzene rings is 2. The van der Waals surface area contributed by atoms with E-state index in [-0.39, 0.29) is 0 Å². The van der Waals surface area contributed by atoms with Crippen LogP contribution in [0.15, 0.2) is 66.1 Å². The van der Waals surface area contributed by atoms with Crippen LogP contribution in [0.5, 0.6) is 0 Å². The number of thioether (sulfide) groups is 1. The molecule has 4 aromatic rings. The lowest BCUT2D eigenvalue weighted by Crippen LogP contribution is -2.03. The Morgan fingerprint density at radius 1 is 0.962 bits per heavy atom. The fraction of sp³-hybridized carbons (Fsp3) is 0.158. The van der Waals surface area contributed by atoms with Gasteiger partial charge in [-0.15, -0.1) is 5.10 Å². The van der Waals surface area contributed by atoms with Crippen LogP contribution in [0, 0.1) is 13.8 Å². The molecule has 4 rings (SSSR count). The summed E-state index contributed by atoms with van der Waals surface area (Å²) in [5, 5.41) is 13.0. The average molecular weight is 362 g/mol. The summed E-state index contributed by atoms with van der Waals surface area (Å²) in [5.74, 6) is 1.42. The second kappa shape index (κ2) is 7.13. The van der Waals surface area contributed by atoms with E-state index in [1.165, 1.54) is 11.1 Å². The molecule has 0 saturated carbocycles. The minimum atomic E-state index is 0.629. The van der Waals surface area contributed by atoms with Gasteiger partial charge >= 0.3 is 0 Å². The van der Waals surface area contributed by atoms with E-state index in [1.54, 1.807) is 16.4 Å². The first-order valence-electron chi connectivity index (χ1n) is 8.29. The van der Waals surface area contributed by atoms with Gasteiger partial charge in [0, 0.05) is 18.1 Å². The van der Waals surface area contributed by atoms with Gasteiger partial charge in [-0.3, -0.25) is 4.57 Å². The third-order valence-corrected chi connectivity index (χ3v) is 5.20. The van der Waals surface area contributed by atoms with Crippen molar-refractivity contribution in [2.45, 2.75) is 24.8 Å². The molecule has 0 aliphatic rings. The summed E-state index contributed by atoms with van der Waals surface area (Å²) in [4.78, 5) is 4.49. The molecule has 2 heterocycles. The molecule has 0 spiro atoms. The number of aromatic nitrogens is 6. The molecule has 0 saturated heterocycles. The predicted molar refractivity (Wildman–Crippen MR) is 102 cm³/mol. The first kappa shape index (κ1) is 16.5. The first-order chi connectivity index (χ1) is 12.7. The number of aryl methyl sites for hydroxylation is 2. The highest BCUT2D eigenvalue weighted by molar-refractivity contribution is 7.98. The van der Waals surface area contributed by atoms with Gasteiger partial charge in [0.15, 0.2) is 11.0 Å². The minimum Gasteiger partial charge on any atom is -0.295 e. The number of hydrogen-bond acceptors (Lipinski definition) is 5. The van der Waals surface area contributed by atoms with Crippen molar-refractivity contribution in [1.82, 2.24) is 29.8 Å². The number of imidazole rings is 1. The van der Waals surface area contributed by atoms with Crippen molar-refractivity contribution in [2.75, 3.05) is 0 Å². The molecule has 0 aliphatic heterocycles. The summed E-state index contributed by atoms with van der Waals surface area (Å²) < 4.78 is 3.85. The second-order valence-corrected chi connectivity index (χ2v) is 6.92. The summed E-state index contributed by atoms with van der Waals surface area (Å²) >= 11 is 1.61. The van der Waals surface area contributed by atoms with Gasteiger partial charge < -0.3 is 0 Å². The molecule has 2 aromatic heterocycles. The zero-order valence-electron chi connectivity index (χ0n) is 14.6. The largest absolute Gasteiger partial charge is 0.295 e. The van der Waals surface area contributed by atoms with Crippen LogP contribution in [-0.4, -0.2) is 29.8 Å². The smallest absolute Gasteiger partial charge is 0.173 e. The lowest BCUT2D eigenvalue weighted by molar-refractivity contribution is 0.777. The van der Waals surface area contributed by atoms with Gasteiger partial charge in [-0.25, -0.2) is 4.98 Å². The van der Waals surface area contributed by atoms with E-state index in [0.29, 0.717) is 5.75 Å². The fourth-order valence-corrected chi connectivity index (χ4v) is 3.54. The highest BCUT2D eigenvalue weighted by Gasteiger charge is 2.12. The lowest BCUT2D eigenvalue weighted by atomic mass is 10.1. The van der Waals surface area contributed by atoms with Crippen molar-refractivity contribution >= 4 is 11.8 Å². The number of hydrogen-bond donors (Lipinski definition) is 0. The zero-order chi connectivity index (χ0) is 17.9. The van der Waals surface area contributed by atoms with Gasteiger partial charge in [-0.2, -0.15) is 4.68 Å². The van der Waals surface area contributed by atoms with Gasteiger partial charge in [0.1, 0.15) is 0 Å². The summed E-state index contributed by atoms with van der Waals surface area (Å²) in [6.07, 6.45) is 3.80. The molecule has 130 valence electrons. The zero-order valence-corrected chi connectivity index (χ0v) is 15.4. The van der Waals surface area contributed by atoms with Gasteiger partial charge in [0.25, 0.3) is 0 Å². The van der Waals surface area contributed by atoms with Crippen molar-refractivity contribution in [3.63, 3.8) is 0 Å². The highest BCUT2D eigenvalue weighted by Crippen LogP contribution is 2.25. The highest BCUT2D eigenvalue weighted by atomic mass is 32.2. The molecule has 2 aromatic carbocycles.